The third kappa shape index (κ3) is 0.990. The van der Waals surface area contributed by atoms with Gasteiger partial charge in [-0.1, -0.05) is 0 Å². The monoisotopic (exact) mass is 142 g/mol. The molecule has 1 fully saturated rings. The lowest BCUT2D eigenvalue weighted by Gasteiger charge is -2.33. The van der Waals surface area contributed by atoms with Crippen molar-refractivity contribution in [3.63, 3.8) is 0 Å². The van der Waals surface area contributed by atoms with Crippen molar-refractivity contribution in [1.82, 2.24) is 4.90 Å². The standard InChI is InChI=1S/C6H10N2S/c1-2-8(3-1)6-4-9-5-7-6/h5-6H,1-4H2. The van der Waals surface area contributed by atoms with E-state index in [9.17, 15) is 0 Å². The molecular formula is C6H10N2S. The fraction of sp³-hybridized carbons (Fsp3) is 0.833. The summed E-state index contributed by atoms with van der Waals surface area (Å²) in [6, 6.07) is 0. The Morgan fingerprint density at radius 1 is 1.56 bits per heavy atom. The van der Waals surface area contributed by atoms with Crippen LogP contribution in [0.3, 0.4) is 0 Å². The molecule has 0 aromatic heterocycles. The van der Waals surface area contributed by atoms with Crippen LogP contribution in [0.4, 0.5) is 0 Å². The van der Waals surface area contributed by atoms with Crippen LogP contribution in [0.15, 0.2) is 4.99 Å². The number of likely N-dealkylation sites (tertiary alicyclic amines) is 1. The molecule has 1 atom stereocenters. The summed E-state index contributed by atoms with van der Waals surface area (Å²) < 4.78 is 0. The van der Waals surface area contributed by atoms with Gasteiger partial charge in [0.2, 0.25) is 0 Å². The maximum Gasteiger partial charge on any atom is 0.112 e. The summed E-state index contributed by atoms with van der Waals surface area (Å²) in [5, 5.41) is 0. The summed E-state index contributed by atoms with van der Waals surface area (Å²) in [5.41, 5.74) is 1.98. The largest absolute Gasteiger partial charge is 0.281 e. The van der Waals surface area contributed by atoms with E-state index in [0.717, 1.165) is 0 Å². The average molecular weight is 142 g/mol. The normalized spacial score (nSPS) is 34.9. The minimum absolute atomic E-state index is 0.531. The van der Waals surface area contributed by atoms with Gasteiger partial charge in [-0.05, 0) is 6.42 Å². The summed E-state index contributed by atoms with van der Waals surface area (Å²) in [7, 11) is 0. The lowest BCUT2D eigenvalue weighted by molar-refractivity contribution is 0.137. The molecule has 0 amide bonds. The van der Waals surface area contributed by atoms with Crippen molar-refractivity contribution in [2.24, 2.45) is 4.99 Å². The fourth-order valence-corrected chi connectivity index (χ4v) is 1.91. The summed E-state index contributed by atoms with van der Waals surface area (Å²) in [5.74, 6) is 1.18. The molecule has 2 nitrogen and oxygen atoms in total. The lowest BCUT2D eigenvalue weighted by atomic mass is 10.2. The van der Waals surface area contributed by atoms with Crippen molar-refractivity contribution in [1.29, 1.82) is 0 Å². The Hall–Kier alpha value is -0.0200. The van der Waals surface area contributed by atoms with Crippen LogP contribution in [0.1, 0.15) is 6.42 Å². The van der Waals surface area contributed by atoms with Crippen molar-refractivity contribution in [3.05, 3.63) is 0 Å². The van der Waals surface area contributed by atoms with E-state index in [0.29, 0.717) is 6.17 Å². The Bertz CT molecular complexity index is 131. The van der Waals surface area contributed by atoms with Gasteiger partial charge in [-0.25, -0.2) is 0 Å². The fourth-order valence-electron chi connectivity index (χ4n) is 1.12. The molecular weight excluding hydrogens is 132 g/mol. The molecule has 9 heavy (non-hydrogen) atoms. The molecule has 50 valence electrons. The van der Waals surface area contributed by atoms with Crippen LogP contribution in [0.25, 0.3) is 0 Å². The molecule has 0 N–H and O–H groups in total. The van der Waals surface area contributed by atoms with Crippen LogP contribution in [0.2, 0.25) is 0 Å². The van der Waals surface area contributed by atoms with E-state index in [4.69, 9.17) is 0 Å². The van der Waals surface area contributed by atoms with Crippen LogP contribution in [-0.4, -0.2) is 35.5 Å². The van der Waals surface area contributed by atoms with E-state index in [1.807, 2.05) is 17.3 Å². The summed E-state index contributed by atoms with van der Waals surface area (Å²) in [6.07, 6.45) is 1.90. The molecule has 2 heterocycles. The highest BCUT2D eigenvalue weighted by atomic mass is 32.2. The molecule has 3 heteroatoms. The zero-order valence-electron chi connectivity index (χ0n) is 5.29. The van der Waals surface area contributed by atoms with Crippen molar-refractivity contribution in [2.45, 2.75) is 12.6 Å². The maximum atomic E-state index is 4.32. The molecule has 1 unspecified atom stereocenters. The second-order valence-corrected chi connectivity index (χ2v) is 3.34. The van der Waals surface area contributed by atoms with E-state index < -0.39 is 0 Å². The molecule has 0 bridgehead atoms. The molecule has 2 aliphatic heterocycles. The first-order chi connectivity index (χ1) is 4.47. The van der Waals surface area contributed by atoms with E-state index in [2.05, 4.69) is 9.89 Å². The number of aliphatic imine (C=N–C) groups is 1. The molecule has 2 aliphatic rings. The molecule has 0 aliphatic carbocycles. The van der Waals surface area contributed by atoms with Gasteiger partial charge in [0.1, 0.15) is 6.17 Å². The zero-order chi connectivity index (χ0) is 6.10. The second kappa shape index (κ2) is 2.31. The molecule has 0 spiro atoms. The minimum Gasteiger partial charge on any atom is -0.281 e. The smallest absolute Gasteiger partial charge is 0.112 e. The first kappa shape index (κ1) is 5.74. The van der Waals surface area contributed by atoms with Crippen LogP contribution < -0.4 is 0 Å². The van der Waals surface area contributed by atoms with E-state index in [1.54, 1.807) is 0 Å². The average Bonchev–Trinajstić information content (AvgIpc) is 2.11. The Labute approximate surface area is 59.3 Å². The van der Waals surface area contributed by atoms with Gasteiger partial charge in [-0.3, -0.25) is 9.89 Å². The van der Waals surface area contributed by atoms with Gasteiger partial charge in [0.05, 0.1) is 5.55 Å². The van der Waals surface area contributed by atoms with Crippen LogP contribution in [0, 0.1) is 0 Å². The Morgan fingerprint density at radius 2 is 2.44 bits per heavy atom. The third-order valence-electron chi connectivity index (χ3n) is 1.86. The van der Waals surface area contributed by atoms with Gasteiger partial charge in [0, 0.05) is 18.8 Å². The second-order valence-electron chi connectivity index (χ2n) is 2.46. The van der Waals surface area contributed by atoms with Crippen LogP contribution in [-0.2, 0) is 0 Å². The minimum atomic E-state index is 0.531. The number of hydrogen-bond donors (Lipinski definition) is 0. The SMILES string of the molecule is C1=NC(N2CCC2)CS1. The van der Waals surface area contributed by atoms with Crippen LogP contribution >= 0.6 is 11.8 Å². The molecule has 0 saturated carbocycles. The summed E-state index contributed by atoms with van der Waals surface area (Å²) >= 11 is 1.83. The molecule has 0 aromatic rings. The Morgan fingerprint density at radius 3 is 2.89 bits per heavy atom. The van der Waals surface area contributed by atoms with Crippen molar-refractivity contribution >= 4 is 17.3 Å². The van der Waals surface area contributed by atoms with Gasteiger partial charge < -0.3 is 0 Å². The molecule has 0 radical (unpaired) electrons. The highest BCUT2D eigenvalue weighted by Gasteiger charge is 2.24. The van der Waals surface area contributed by atoms with Crippen LogP contribution in [0.5, 0.6) is 0 Å². The Kier molecular flexibility index (Phi) is 1.47. The van der Waals surface area contributed by atoms with E-state index >= 15 is 0 Å². The van der Waals surface area contributed by atoms with E-state index in [-0.39, 0.29) is 0 Å². The predicted octanol–water partition coefficient (Wildman–Crippen LogP) is 0.793. The lowest BCUT2D eigenvalue weighted by Crippen LogP contribution is -2.44. The first-order valence-electron chi connectivity index (χ1n) is 3.34. The Balaban J connectivity index is 1.89. The van der Waals surface area contributed by atoms with Crippen molar-refractivity contribution in [2.75, 3.05) is 18.8 Å². The maximum absolute atomic E-state index is 4.32. The molecule has 1 saturated heterocycles. The van der Waals surface area contributed by atoms with Gasteiger partial charge in [-0.2, -0.15) is 0 Å². The number of hydrogen-bond acceptors (Lipinski definition) is 3. The van der Waals surface area contributed by atoms with Crippen molar-refractivity contribution in [3.8, 4) is 0 Å². The molecule has 2 rings (SSSR count). The quantitative estimate of drug-likeness (QED) is 0.538. The third-order valence-corrected chi connectivity index (χ3v) is 2.63. The highest BCUT2D eigenvalue weighted by Crippen LogP contribution is 2.19. The predicted molar refractivity (Wildman–Crippen MR) is 40.9 cm³/mol. The number of rotatable bonds is 1. The topological polar surface area (TPSA) is 15.6 Å². The summed E-state index contributed by atoms with van der Waals surface area (Å²) in [6.45, 7) is 2.53. The van der Waals surface area contributed by atoms with Crippen molar-refractivity contribution < 1.29 is 0 Å². The van der Waals surface area contributed by atoms with Gasteiger partial charge in [0.25, 0.3) is 0 Å². The van der Waals surface area contributed by atoms with E-state index in [1.165, 1.54) is 25.3 Å². The zero-order valence-corrected chi connectivity index (χ0v) is 6.10. The molecule has 0 aromatic carbocycles. The first-order valence-corrected chi connectivity index (χ1v) is 4.39. The van der Waals surface area contributed by atoms with Gasteiger partial charge in [0.15, 0.2) is 0 Å². The van der Waals surface area contributed by atoms with Gasteiger partial charge >= 0.3 is 0 Å². The van der Waals surface area contributed by atoms with Gasteiger partial charge in [-0.15, -0.1) is 11.8 Å². The number of thioether (sulfide) groups is 1. The highest BCUT2D eigenvalue weighted by molar-refractivity contribution is 8.12. The summed E-state index contributed by atoms with van der Waals surface area (Å²) in [4.78, 5) is 6.75. The number of nitrogens with zero attached hydrogens (tertiary/aromatic N) is 2.